The van der Waals surface area contributed by atoms with Crippen LogP contribution < -0.4 is 10.1 Å². The molecule has 0 bridgehead atoms. The summed E-state index contributed by atoms with van der Waals surface area (Å²) in [5.74, 6) is -0.805. The lowest BCUT2D eigenvalue weighted by Crippen LogP contribution is -2.58. The van der Waals surface area contributed by atoms with Crippen LogP contribution in [0.1, 0.15) is 43.2 Å². The molecule has 1 aliphatic carbocycles. The third-order valence-electron chi connectivity index (χ3n) is 6.69. The van der Waals surface area contributed by atoms with Gasteiger partial charge in [-0.25, -0.2) is 4.79 Å². The quantitative estimate of drug-likeness (QED) is 0.305. The zero-order valence-electron chi connectivity index (χ0n) is 19.4. The topological polar surface area (TPSA) is 75.7 Å². The van der Waals surface area contributed by atoms with Crippen molar-refractivity contribution in [2.45, 2.75) is 44.8 Å². The first kappa shape index (κ1) is 24.3. The fourth-order valence-electron chi connectivity index (χ4n) is 4.83. The highest BCUT2D eigenvalue weighted by molar-refractivity contribution is 6.35. The number of amides is 4. The molecule has 3 aromatic carbocycles. The first-order valence-electron chi connectivity index (χ1n) is 11.9. The van der Waals surface area contributed by atoms with E-state index in [9.17, 15) is 14.4 Å². The van der Waals surface area contributed by atoms with Crippen LogP contribution in [0.2, 0.25) is 10.0 Å². The molecule has 8 heteroatoms. The summed E-state index contributed by atoms with van der Waals surface area (Å²) in [7, 11) is 0. The number of benzene rings is 3. The fraction of sp³-hybridized carbons (Fsp3) is 0.250. The first-order valence-corrected chi connectivity index (χ1v) is 12.7. The van der Waals surface area contributed by atoms with Crippen molar-refractivity contribution in [2.24, 2.45) is 0 Å². The molecule has 0 aromatic heterocycles. The van der Waals surface area contributed by atoms with E-state index in [1.807, 2.05) is 30.3 Å². The molecule has 0 radical (unpaired) electrons. The van der Waals surface area contributed by atoms with E-state index in [1.165, 1.54) is 11.0 Å². The predicted octanol–water partition coefficient (Wildman–Crippen LogP) is 6.52. The average Bonchev–Trinajstić information content (AvgIpc) is 2.87. The van der Waals surface area contributed by atoms with Crippen LogP contribution in [-0.2, 0) is 16.2 Å². The standard InChI is InChI=1S/C28H24Cl2N2O4/c29-19-12-10-18(24(30)14-19)16-36-25-13-11-17-6-4-5-9-21(17)22(25)15-23-26(33)31-28(35)32(27(23)34)20-7-2-1-3-8-20/h4-6,9-15,20H,1-3,7-8,16H2,(H,31,33,35). The van der Waals surface area contributed by atoms with E-state index in [1.54, 1.807) is 24.3 Å². The van der Waals surface area contributed by atoms with Gasteiger partial charge in [0, 0.05) is 27.2 Å². The van der Waals surface area contributed by atoms with Crippen molar-refractivity contribution in [3.8, 4) is 5.75 Å². The van der Waals surface area contributed by atoms with E-state index >= 15 is 0 Å². The van der Waals surface area contributed by atoms with Gasteiger partial charge in [0.2, 0.25) is 0 Å². The molecule has 1 heterocycles. The lowest BCUT2D eigenvalue weighted by molar-refractivity contribution is -0.132. The number of imide groups is 2. The number of rotatable bonds is 5. The molecular formula is C28H24Cl2N2O4. The van der Waals surface area contributed by atoms with Gasteiger partial charge in [-0.05, 0) is 47.9 Å². The maximum Gasteiger partial charge on any atom is 0.331 e. The molecule has 5 rings (SSSR count). The number of ether oxygens (including phenoxy) is 1. The molecule has 0 unspecified atom stereocenters. The molecule has 184 valence electrons. The van der Waals surface area contributed by atoms with E-state index in [0.717, 1.165) is 48.4 Å². The molecule has 1 saturated carbocycles. The number of fused-ring (bicyclic) bond motifs is 1. The average molecular weight is 523 g/mol. The highest BCUT2D eigenvalue weighted by atomic mass is 35.5. The molecule has 1 aliphatic heterocycles. The third-order valence-corrected chi connectivity index (χ3v) is 7.28. The minimum absolute atomic E-state index is 0.0918. The van der Waals surface area contributed by atoms with Crippen molar-refractivity contribution < 1.29 is 19.1 Å². The Morgan fingerprint density at radius 3 is 2.53 bits per heavy atom. The van der Waals surface area contributed by atoms with Gasteiger partial charge in [-0.15, -0.1) is 0 Å². The number of urea groups is 1. The Kier molecular flexibility index (Phi) is 6.99. The number of nitrogens with one attached hydrogen (secondary N) is 1. The van der Waals surface area contributed by atoms with Crippen LogP contribution >= 0.6 is 23.2 Å². The summed E-state index contributed by atoms with van der Waals surface area (Å²) >= 11 is 12.3. The molecule has 2 aliphatic rings. The number of barbiturate groups is 1. The normalized spacial score (nSPS) is 18.1. The van der Waals surface area contributed by atoms with E-state index in [-0.39, 0.29) is 18.2 Å². The lowest BCUT2D eigenvalue weighted by Gasteiger charge is -2.35. The maximum absolute atomic E-state index is 13.5. The van der Waals surface area contributed by atoms with Gasteiger partial charge in [-0.1, -0.05) is 78.9 Å². The Morgan fingerprint density at radius 1 is 0.972 bits per heavy atom. The van der Waals surface area contributed by atoms with E-state index in [0.29, 0.717) is 21.4 Å². The van der Waals surface area contributed by atoms with Crippen molar-refractivity contribution >= 4 is 57.9 Å². The molecule has 1 saturated heterocycles. The van der Waals surface area contributed by atoms with Gasteiger partial charge in [0.15, 0.2) is 0 Å². The molecule has 6 nitrogen and oxygen atoms in total. The molecule has 0 atom stereocenters. The number of nitrogens with zero attached hydrogens (tertiary/aromatic N) is 1. The van der Waals surface area contributed by atoms with Gasteiger partial charge in [0.25, 0.3) is 11.8 Å². The summed E-state index contributed by atoms with van der Waals surface area (Å²) in [4.78, 5) is 40.1. The molecule has 4 amide bonds. The minimum atomic E-state index is -0.711. The smallest absolute Gasteiger partial charge is 0.331 e. The molecule has 1 N–H and O–H groups in total. The van der Waals surface area contributed by atoms with E-state index in [4.69, 9.17) is 27.9 Å². The Labute approximate surface area is 218 Å². The molecule has 0 spiro atoms. The van der Waals surface area contributed by atoms with Crippen LogP contribution in [-0.4, -0.2) is 28.8 Å². The van der Waals surface area contributed by atoms with Crippen LogP contribution in [0.3, 0.4) is 0 Å². The zero-order chi connectivity index (χ0) is 25.2. The number of hydrogen-bond donors (Lipinski definition) is 1. The predicted molar refractivity (Wildman–Crippen MR) is 140 cm³/mol. The second-order valence-electron chi connectivity index (χ2n) is 9.01. The zero-order valence-corrected chi connectivity index (χ0v) is 20.9. The summed E-state index contributed by atoms with van der Waals surface area (Å²) in [6.07, 6.45) is 5.99. The monoisotopic (exact) mass is 522 g/mol. The largest absolute Gasteiger partial charge is 0.488 e. The van der Waals surface area contributed by atoms with Crippen LogP contribution in [0, 0.1) is 0 Å². The molecule has 2 fully saturated rings. The van der Waals surface area contributed by atoms with Gasteiger partial charge in [0.05, 0.1) is 0 Å². The highest BCUT2D eigenvalue weighted by Crippen LogP contribution is 2.33. The Bertz CT molecular complexity index is 1400. The summed E-state index contributed by atoms with van der Waals surface area (Å²) in [5.41, 5.74) is 1.23. The number of hydrogen-bond acceptors (Lipinski definition) is 4. The Morgan fingerprint density at radius 2 is 1.75 bits per heavy atom. The van der Waals surface area contributed by atoms with Gasteiger partial charge in [-0.3, -0.25) is 19.8 Å². The van der Waals surface area contributed by atoms with E-state index in [2.05, 4.69) is 5.32 Å². The van der Waals surface area contributed by atoms with Crippen molar-refractivity contribution in [2.75, 3.05) is 0 Å². The summed E-state index contributed by atoms with van der Waals surface area (Å²) < 4.78 is 6.13. The molecular weight excluding hydrogens is 499 g/mol. The van der Waals surface area contributed by atoms with Crippen molar-refractivity contribution in [1.29, 1.82) is 0 Å². The fourth-order valence-corrected chi connectivity index (χ4v) is 5.29. The lowest BCUT2D eigenvalue weighted by atomic mass is 9.93. The summed E-state index contributed by atoms with van der Waals surface area (Å²) in [6.45, 7) is 0.164. The number of carbonyl (C=O) groups excluding carboxylic acids is 3. The van der Waals surface area contributed by atoms with E-state index < -0.39 is 17.8 Å². The molecule has 3 aromatic rings. The summed E-state index contributed by atoms with van der Waals surface area (Å²) in [5, 5.41) is 5.09. The SMILES string of the molecule is O=C1NC(=O)N(C2CCCCC2)C(=O)C1=Cc1c(OCc2ccc(Cl)cc2Cl)ccc2ccccc12. The van der Waals surface area contributed by atoms with Gasteiger partial charge >= 0.3 is 6.03 Å². The second-order valence-corrected chi connectivity index (χ2v) is 9.85. The van der Waals surface area contributed by atoms with Crippen LogP contribution in [0.25, 0.3) is 16.8 Å². The van der Waals surface area contributed by atoms with Gasteiger partial charge in [0.1, 0.15) is 17.9 Å². The number of carbonyl (C=O) groups is 3. The Hall–Kier alpha value is -3.35. The Balaban J connectivity index is 1.54. The van der Waals surface area contributed by atoms with Crippen LogP contribution in [0.4, 0.5) is 4.79 Å². The van der Waals surface area contributed by atoms with Crippen molar-refractivity contribution in [3.05, 3.63) is 81.3 Å². The van der Waals surface area contributed by atoms with Crippen LogP contribution in [0.15, 0.2) is 60.2 Å². The number of halogens is 2. The minimum Gasteiger partial charge on any atom is -0.488 e. The van der Waals surface area contributed by atoms with Crippen molar-refractivity contribution in [1.82, 2.24) is 10.2 Å². The maximum atomic E-state index is 13.5. The van der Waals surface area contributed by atoms with Crippen molar-refractivity contribution in [3.63, 3.8) is 0 Å². The van der Waals surface area contributed by atoms with Gasteiger partial charge in [-0.2, -0.15) is 0 Å². The molecule has 36 heavy (non-hydrogen) atoms. The highest BCUT2D eigenvalue weighted by Gasteiger charge is 2.40. The van der Waals surface area contributed by atoms with Crippen LogP contribution in [0.5, 0.6) is 5.75 Å². The summed E-state index contributed by atoms with van der Waals surface area (Å²) in [6, 6.07) is 15.7. The van der Waals surface area contributed by atoms with Gasteiger partial charge < -0.3 is 4.74 Å². The second kappa shape index (κ2) is 10.3. The third kappa shape index (κ3) is 4.84. The first-order chi connectivity index (χ1) is 17.4.